The highest BCUT2D eigenvalue weighted by Gasteiger charge is 2.16. The molecule has 0 aliphatic heterocycles. The molecule has 0 radical (unpaired) electrons. The fraction of sp³-hybridized carbons (Fsp3) is 0.381. The second-order valence-corrected chi connectivity index (χ2v) is 8.77. The smallest absolute Gasteiger partial charge is 0.338 e. The van der Waals surface area contributed by atoms with Crippen LogP contribution >= 0.6 is 23.1 Å². The van der Waals surface area contributed by atoms with Gasteiger partial charge < -0.3 is 14.6 Å². The van der Waals surface area contributed by atoms with Crippen LogP contribution in [0, 0.1) is 20.8 Å². The molecule has 2 heterocycles. The Kier molecular flexibility index (Phi) is 7.10. The van der Waals surface area contributed by atoms with Gasteiger partial charge in [0.05, 0.1) is 18.3 Å². The fourth-order valence-corrected chi connectivity index (χ4v) is 4.91. The Morgan fingerprint density at radius 1 is 1.21 bits per heavy atom. The van der Waals surface area contributed by atoms with Crippen molar-refractivity contribution in [3.05, 3.63) is 46.1 Å². The van der Waals surface area contributed by atoms with E-state index in [1.807, 2.05) is 6.92 Å². The number of nitrogens with zero attached hydrogens (tertiary/aromatic N) is 2. The van der Waals surface area contributed by atoms with Crippen molar-refractivity contribution in [2.45, 2.75) is 38.8 Å². The van der Waals surface area contributed by atoms with Gasteiger partial charge in [-0.05, 0) is 57.5 Å². The van der Waals surface area contributed by atoms with Crippen LogP contribution in [0.5, 0.6) is 5.75 Å². The van der Waals surface area contributed by atoms with E-state index in [0.29, 0.717) is 23.7 Å². The molecule has 0 saturated carbocycles. The maximum Gasteiger partial charge on any atom is 0.338 e. The van der Waals surface area contributed by atoms with Gasteiger partial charge in [0.2, 0.25) is 0 Å². The predicted molar refractivity (Wildman–Crippen MR) is 116 cm³/mol. The van der Waals surface area contributed by atoms with E-state index in [2.05, 4.69) is 23.8 Å². The number of aryl methyl sites for hydroxylation is 3. The monoisotopic (exact) mass is 432 g/mol. The highest BCUT2D eigenvalue weighted by atomic mass is 32.2. The summed E-state index contributed by atoms with van der Waals surface area (Å²) in [7, 11) is 0. The van der Waals surface area contributed by atoms with E-state index in [4.69, 9.17) is 9.47 Å². The summed E-state index contributed by atoms with van der Waals surface area (Å²) in [6.07, 6.45) is -0.657. The van der Waals surface area contributed by atoms with E-state index < -0.39 is 6.10 Å². The lowest BCUT2D eigenvalue weighted by atomic mass is 10.2. The number of carbonyl (C=O) groups is 1. The molecule has 154 valence electrons. The second kappa shape index (κ2) is 9.56. The molecule has 1 atom stereocenters. The molecule has 0 aliphatic carbocycles. The number of benzene rings is 1. The molecule has 0 saturated heterocycles. The van der Waals surface area contributed by atoms with Crippen LogP contribution in [0.1, 0.15) is 33.5 Å². The minimum Gasteiger partial charge on any atom is -0.491 e. The molecule has 0 spiro atoms. The first-order valence-corrected chi connectivity index (χ1v) is 11.1. The number of hydrogen-bond donors (Lipinski definition) is 1. The van der Waals surface area contributed by atoms with E-state index in [9.17, 15) is 9.90 Å². The Labute approximate surface area is 178 Å². The van der Waals surface area contributed by atoms with Crippen molar-refractivity contribution in [1.29, 1.82) is 0 Å². The van der Waals surface area contributed by atoms with Crippen molar-refractivity contribution in [3.8, 4) is 5.75 Å². The fourth-order valence-electron chi connectivity index (χ4n) is 2.74. The SMILES string of the molecule is CCOC(=O)c1ccc(OCC(O)CSc2nc(C)nc3sc(C)c(C)c23)cc1. The lowest BCUT2D eigenvalue weighted by Gasteiger charge is -2.13. The molecule has 0 bridgehead atoms. The molecule has 3 aromatic rings. The van der Waals surface area contributed by atoms with Crippen LogP contribution in [0.25, 0.3) is 10.2 Å². The Hall–Kier alpha value is -2.16. The van der Waals surface area contributed by atoms with Crippen molar-refractivity contribution in [2.75, 3.05) is 19.0 Å². The molecule has 29 heavy (non-hydrogen) atoms. The molecule has 6 nitrogen and oxygen atoms in total. The first-order valence-electron chi connectivity index (χ1n) is 9.34. The second-order valence-electron chi connectivity index (χ2n) is 6.56. The van der Waals surface area contributed by atoms with Gasteiger partial charge in [-0.2, -0.15) is 0 Å². The quantitative estimate of drug-likeness (QED) is 0.322. The number of aliphatic hydroxyl groups is 1. The molecule has 0 aliphatic rings. The van der Waals surface area contributed by atoms with Crippen molar-refractivity contribution < 1.29 is 19.4 Å². The molecule has 0 amide bonds. The normalized spacial score (nSPS) is 12.2. The number of aliphatic hydroxyl groups excluding tert-OH is 1. The van der Waals surface area contributed by atoms with Gasteiger partial charge in [0.1, 0.15) is 28.0 Å². The first-order chi connectivity index (χ1) is 13.9. The van der Waals surface area contributed by atoms with Gasteiger partial charge >= 0.3 is 5.97 Å². The number of rotatable bonds is 8. The van der Waals surface area contributed by atoms with E-state index in [-0.39, 0.29) is 12.6 Å². The molecule has 1 unspecified atom stereocenters. The van der Waals surface area contributed by atoms with Crippen LogP contribution in [-0.4, -0.2) is 46.1 Å². The number of hydrogen-bond acceptors (Lipinski definition) is 8. The molecule has 8 heteroatoms. The maximum absolute atomic E-state index is 11.7. The van der Waals surface area contributed by atoms with Gasteiger partial charge in [0.25, 0.3) is 0 Å². The number of thiophene rings is 1. The Balaban J connectivity index is 1.57. The largest absolute Gasteiger partial charge is 0.491 e. The van der Waals surface area contributed by atoms with E-state index >= 15 is 0 Å². The molecule has 0 fully saturated rings. The van der Waals surface area contributed by atoms with Crippen LogP contribution in [-0.2, 0) is 4.74 Å². The zero-order valence-corrected chi connectivity index (χ0v) is 18.5. The van der Waals surface area contributed by atoms with Crippen molar-refractivity contribution >= 4 is 39.3 Å². The van der Waals surface area contributed by atoms with Gasteiger partial charge in [0.15, 0.2) is 0 Å². The maximum atomic E-state index is 11.7. The summed E-state index contributed by atoms with van der Waals surface area (Å²) >= 11 is 3.18. The summed E-state index contributed by atoms with van der Waals surface area (Å²) in [5.74, 6) is 1.42. The lowest BCUT2D eigenvalue weighted by Crippen LogP contribution is -2.20. The Bertz CT molecular complexity index is 1000. The van der Waals surface area contributed by atoms with Crippen molar-refractivity contribution in [3.63, 3.8) is 0 Å². The molecule has 3 rings (SSSR count). The van der Waals surface area contributed by atoms with Crippen molar-refractivity contribution in [2.24, 2.45) is 0 Å². The molecule has 2 aromatic heterocycles. The Morgan fingerprint density at radius 2 is 1.93 bits per heavy atom. The Morgan fingerprint density at radius 3 is 2.62 bits per heavy atom. The summed E-state index contributed by atoms with van der Waals surface area (Å²) in [4.78, 5) is 23.0. The third-order valence-electron chi connectivity index (χ3n) is 4.33. The average molecular weight is 433 g/mol. The molecule has 1 aromatic carbocycles. The lowest BCUT2D eigenvalue weighted by molar-refractivity contribution is 0.0526. The summed E-state index contributed by atoms with van der Waals surface area (Å²) in [5.41, 5.74) is 1.67. The van der Waals surface area contributed by atoms with Gasteiger partial charge in [-0.1, -0.05) is 0 Å². The molecule has 1 N–H and O–H groups in total. The van der Waals surface area contributed by atoms with Crippen LogP contribution in [0.3, 0.4) is 0 Å². The zero-order valence-electron chi connectivity index (χ0n) is 16.9. The average Bonchev–Trinajstić information content (AvgIpc) is 2.98. The predicted octanol–water partition coefficient (Wildman–Crippen LogP) is 4.33. The third-order valence-corrected chi connectivity index (χ3v) is 6.55. The summed E-state index contributed by atoms with van der Waals surface area (Å²) in [6.45, 7) is 8.30. The van der Waals surface area contributed by atoms with Crippen LogP contribution < -0.4 is 4.74 Å². The first kappa shape index (κ1) is 21.5. The topological polar surface area (TPSA) is 81.5 Å². The third kappa shape index (κ3) is 5.26. The van der Waals surface area contributed by atoms with Crippen LogP contribution in [0.4, 0.5) is 0 Å². The number of thioether (sulfide) groups is 1. The summed E-state index contributed by atoms with van der Waals surface area (Å²) < 4.78 is 10.6. The molecular formula is C21H24N2O4S2. The summed E-state index contributed by atoms with van der Waals surface area (Å²) in [6, 6.07) is 6.69. The minimum absolute atomic E-state index is 0.153. The van der Waals surface area contributed by atoms with E-state index in [0.717, 1.165) is 21.1 Å². The van der Waals surface area contributed by atoms with Gasteiger partial charge in [-0.15, -0.1) is 23.1 Å². The highest BCUT2D eigenvalue weighted by molar-refractivity contribution is 7.99. The number of ether oxygens (including phenoxy) is 2. The minimum atomic E-state index is -0.657. The number of esters is 1. The van der Waals surface area contributed by atoms with Gasteiger partial charge in [0, 0.05) is 16.0 Å². The number of fused-ring (bicyclic) bond motifs is 1. The number of aromatic nitrogens is 2. The van der Waals surface area contributed by atoms with E-state index in [1.54, 1.807) is 42.5 Å². The highest BCUT2D eigenvalue weighted by Crippen LogP contribution is 2.35. The van der Waals surface area contributed by atoms with E-state index in [1.165, 1.54) is 22.2 Å². The summed E-state index contributed by atoms with van der Waals surface area (Å²) in [5, 5.41) is 12.3. The standard InChI is InChI=1S/C21H24N2O4S2/c1-5-26-21(25)15-6-8-17(9-7-15)27-10-16(24)11-28-19-18-12(2)13(3)29-20(18)23-14(4)22-19/h6-9,16,24H,5,10-11H2,1-4H3. The van der Waals surface area contributed by atoms with Gasteiger partial charge in [-0.25, -0.2) is 14.8 Å². The van der Waals surface area contributed by atoms with Gasteiger partial charge in [-0.3, -0.25) is 0 Å². The van der Waals surface area contributed by atoms with Crippen LogP contribution in [0.15, 0.2) is 29.3 Å². The molecular weight excluding hydrogens is 408 g/mol. The van der Waals surface area contributed by atoms with Crippen molar-refractivity contribution in [1.82, 2.24) is 9.97 Å². The van der Waals surface area contributed by atoms with Crippen LogP contribution in [0.2, 0.25) is 0 Å². The number of carbonyl (C=O) groups excluding carboxylic acids is 1. The zero-order chi connectivity index (χ0) is 21.0.